The van der Waals surface area contributed by atoms with E-state index in [9.17, 15) is 0 Å². The van der Waals surface area contributed by atoms with E-state index in [1.54, 1.807) is 0 Å². The fourth-order valence-corrected chi connectivity index (χ4v) is 6.26. The van der Waals surface area contributed by atoms with Gasteiger partial charge in [0.05, 0.1) is 12.6 Å². The molecule has 3 unspecified atom stereocenters. The number of nitrogens with one attached hydrogen (secondary N) is 1. The third-order valence-electron chi connectivity index (χ3n) is 4.08. The van der Waals surface area contributed by atoms with Crippen molar-refractivity contribution in [2.75, 3.05) is 18.1 Å². The first kappa shape index (κ1) is 14.6. The summed E-state index contributed by atoms with van der Waals surface area (Å²) in [5, 5.41) is 1.23. The van der Waals surface area contributed by atoms with Crippen molar-refractivity contribution in [1.29, 1.82) is 0 Å². The van der Waals surface area contributed by atoms with Crippen molar-refractivity contribution in [1.82, 2.24) is 5.43 Å². The molecular weight excluding hydrogens is 288 g/mol. The van der Waals surface area contributed by atoms with Crippen LogP contribution in [0, 0.1) is 0 Å². The molecule has 1 saturated heterocycles. The van der Waals surface area contributed by atoms with Gasteiger partial charge in [-0.25, -0.2) is 0 Å². The molecule has 3 rings (SSSR count). The first-order valence-corrected chi connectivity index (χ1v) is 9.38. The molecule has 2 heterocycles. The van der Waals surface area contributed by atoms with Crippen molar-refractivity contribution < 1.29 is 4.74 Å². The summed E-state index contributed by atoms with van der Waals surface area (Å²) in [5.41, 5.74) is 5.69. The van der Waals surface area contributed by atoms with Crippen molar-refractivity contribution in [2.45, 2.75) is 36.3 Å². The second-order valence-corrected chi connectivity index (χ2v) is 7.90. The van der Waals surface area contributed by atoms with E-state index in [0.29, 0.717) is 10.5 Å². The summed E-state index contributed by atoms with van der Waals surface area (Å²) in [6.45, 7) is 3.09. The Balaban J connectivity index is 1.85. The van der Waals surface area contributed by atoms with Gasteiger partial charge < -0.3 is 4.74 Å². The molecule has 2 aliphatic heterocycles. The Kier molecular flexibility index (Phi) is 4.81. The number of thioether (sulfide) groups is 2. The normalized spacial score (nSPS) is 26.9. The summed E-state index contributed by atoms with van der Waals surface area (Å²) in [5.74, 6) is 9.42. The molecule has 0 radical (unpaired) electrons. The average Bonchev–Trinajstić information content (AvgIpc) is 2.96. The van der Waals surface area contributed by atoms with Crippen molar-refractivity contribution in [2.24, 2.45) is 5.84 Å². The minimum atomic E-state index is 0.226. The predicted molar refractivity (Wildman–Crippen MR) is 88.5 cm³/mol. The fourth-order valence-electron chi connectivity index (χ4n) is 3.03. The number of benzene rings is 1. The van der Waals surface area contributed by atoms with Gasteiger partial charge in [-0.05, 0) is 23.6 Å². The molecular formula is C15H22N2OS2. The molecule has 3 nitrogen and oxygen atoms in total. The standard InChI is InChI=1S/C15H22N2OS2/c1-2-13-15(20-8-7-19-13)14(17-16)11-3-4-12-10(9-11)5-6-18-12/h3-4,9,13-15,17H,2,5-8,16H2,1H3. The summed E-state index contributed by atoms with van der Waals surface area (Å²) >= 11 is 4.16. The van der Waals surface area contributed by atoms with Gasteiger partial charge in [-0.2, -0.15) is 23.5 Å². The van der Waals surface area contributed by atoms with Gasteiger partial charge >= 0.3 is 0 Å². The second kappa shape index (κ2) is 6.60. The fraction of sp³-hybridized carbons (Fsp3) is 0.600. The van der Waals surface area contributed by atoms with E-state index in [-0.39, 0.29) is 6.04 Å². The van der Waals surface area contributed by atoms with Crippen LogP contribution in [0.25, 0.3) is 0 Å². The number of rotatable bonds is 4. The quantitative estimate of drug-likeness (QED) is 0.661. The lowest BCUT2D eigenvalue weighted by Crippen LogP contribution is -2.41. The number of hydrazine groups is 1. The van der Waals surface area contributed by atoms with Crippen LogP contribution in [-0.2, 0) is 6.42 Å². The Morgan fingerprint density at radius 1 is 1.40 bits per heavy atom. The summed E-state index contributed by atoms with van der Waals surface area (Å²) in [6.07, 6.45) is 2.22. The molecule has 0 aromatic heterocycles. The highest BCUT2D eigenvalue weighted by Crippen LogP contribution is 2.41. The van der Waals surface area contributed by atoms with Crippen LogP contribution in [-0.4, -0.2) is 28.6 Å². The first-order chi connectivity index (χ1) is 9.83. The van der Waals surface area contributed by atoms with Gasteiger partial charge in [-0.3, -0.25) is 11.3 Å². The zero-order valence-corrected chi connectivity index (χ0v) is 13.4. The van der Waals surface area contributed by atoms with Crippen LogP contribution >= 0.6 is 23.5 Å². The summed E-state index contributed by atoms with van der Waals surface area (Å²) in [6, 6.07) is 6.77. The number of nitrogens with two attached hydrogens (primary N) is 1. The summed E-state index contributed by atoms with van der Waals surface area (Å²) in [7, 11) is 0. The molecule has 20 heavy (non-hydrogen) atoms. The third kappa shape index (κ3) is 2.82. The molecule has 0 bridgehead atoms. The molecule has 2 aliphatic rings. The molecule has 0 amide bonds. The van der Waals surface area contributed by atoms with Crippen molar-refractivity contribution in [3.63, 3.8) is 0 Å². The zero-order valence-electron chi connectivity index (χ0n) is 11.8. The van der Waals surface area contributed by atoms with Crippen molar-refractivity contribution in [3.05, 3.63) is 29.3 Å². The van der Waals surface area contributed by atoms with E-state index in [1.165, 1.54) is 29.1 Å². The van der Waals surface area contributed by atoms with Crippen LogP contribution in [0.15, 0.2) is 18.2 Å². The Morgan fingerprint density at radius 2 is 2.25 bits per heavy atom. The second-order valence-electron chi connectivity index (χ2n) is 5.26. The maximum Gasteiger partial charge on any atom is 0.122 e. The van der Waals surface area contributed by atoms with Crippen LogP contribution in [0.4, 0.5) is 0 Å². The van der Waals surface area contributed by atoms with Crippen LogP contribution < -0.4 is 16.0 Å². The third-order valence-corrected chi connectivity index (χ3v) is 7.43. The van der Waals surface area contributed by atoms with E-state index >= 15 is 0 Å². The van der Waals surface area contributed by atoms with Crippen LogP contribution in [0.3, 0.4) is 0 Å². The van der Waals surface area contributed by atoms with E-state index in [1.807, 2.05) is 0 Å². The van der Waals surface area contributed by atoms with E-state index < -0.39 is 0 Å². The van der Waals surface area contributed by atoms with Crippen LogP contribution in [0.2, 0.25) is 0 Å². The Labute approximate surface area is 129 Å². The van der Waals surface area contributed by atoms with Crippen molar-refractivity contribution >= 4 is 23.5 Å². The number of fused-ring (bicyclic) bond motifs is 1. The topological polar surface area (TPSA) is 47.3 Å². The molecule has 0 saturated carbocycles. The highest BCUT2D eigenvalue weighted by atomic mass is 32.2. The lowest BCUT2D eigenvalue weighted by Gasteiger charge is -2.36. The maximum atomic E-state index is 5.89. The summed E-state index contributed by atoms with van der Waals surface area (Å²) < 4.78 is 5.59. The molecule has 1 aromatic rings. The first-order valence-electron chi connectivity index (χ1n) is 7.28. The molecule has 1 aromatic carbocycles. The zero-order chi connectivity index (χ0) is 13.9. The van der Waals surface area contributed by atoms with Crippen molar-refractivity contribution in [3.8, 4) is 5.75 Å². The van der Waals surface area contributed by atoms with E-state index in [4.69, 9.17) is 10.6 Å². The maximum absolute atomic E-state index is 5.89. The highest BCUT2D eigenvalue weighted by molar-refractivity contribution is 8.07. The number of ether oxygens (including phenoxy) is 1. The predicted octanol–water partition coefficient (Wildman–Crippen LogP) is 2.75. The highest BCUT2D eigenvalue weighted by Gasteiger charge is 2.33. The Bertz CT molecular complexity index is 469. The summed E-state index contributed by atoms with van der Waals surface area (Å²) in [4.78, 5) is 0. The van der Waals surface area contributed by atoms with E-state index in [2.05, 4.69) is 54.1 Å². The Morgan fingerprint density at radius 3 is 3.05 bits per heavy atom. The van der Waals surface area contributed by atoms with Crippen LogP contribution in [0.5, 0.6) is 5.75 Å². The minimum Gasteiger partial charge on any atom is -0.493 e. The molecule has 5 heteroatoms. The van der Waals surface area contributed by atoms with E-state index in [0.717, 1.165) is 18.8 Å². The molecule has 110 valence electrons. The minimum absolute atomic E-state index is 0.226. The molecule has 3 N–H and O–H groups in total. The van der Waals surface area contributed by atoms with Gasteiger partial charge in [0.25, 0.3) is 0 Å². The molecule has 0 aliphatic carbocycles. The lowest BCUT2D eigenvalue weighted by molar-refractivity contribution is 0.356. The monoisotopic (exact) mass is 310 g/mol. The van der Waals surface area contributed by atoms with Gasteiger partial charge in [0, 0.05) is 28.4 Å². The van der Waals surface area contributed by atoms with Crippen LogP contribution in [0.1, 0.15) is 30.5 Å². The molecule has 0 spiro atoms. The number of hydrogen-bond acceptors (Lipinski definition) is 5. The van der Waals surface area contributed by atoms with Gasteiger partial charge in [0.1, 0.15) is 5.75 Å². The number of hydrogen-bond donors (Lipinski definition) is 2. The Hall–Kier alpha value is -0.360. The molecule has 1 fully saturated rings. The SMILES string of the molecule is CCC1SCCSC1C(NN)c1ccc2c(c1)CCO2. The van der Waals surface area contributed by atoms with Gasteiger partial charge in [0.15, 0.2) is 0 Å². The smallest absolute Gasteiger partial charge is 0.122 e. The largest absolute Gasteiger partial charge is 0.493 e. The van der Waals surface area contributed by atoms with Gasteiger partial charge in [-0.15, -0.1) is 0 Å². The molecule has 3 atom stereocenters. The van der Waals surface area contributed by atoms with Gasteiger partial charge in [-0.1, -0.05) is 19.1 Å². The lowest BCUT2D eigenvalue weighted by atomic mass is 9.98. The van der Waals surface area contributed by atoms with Gasteiger partial charge in [0.2, 0.25) is 0 Å². The average molecular weight is 310 g/mol.